The lowest BCUT2D eigenvalue weighted by atomic mass is 10.2. The Morgan fingerprint density at radius 3 is 3.00 bits per heavy atom. The molecule has 0 fully saturated rings. The summed E-state index contributed by atoms with van der Waals surface area (Å²) in [4.78, 5) is 0.871. The molecule has 0 unspecified atom stereocenters. The van der Waals surface area contributed by atoms with Gasteiger partial charge in [-0.1, -0.05) is 13.0 Å². The minimum absolute atomic E-state index is 0.232. The molecule has 0 bridgehead atoms. The van der Waals surface area contributed by atoms with Gasteiger partial charge in [-0.2, -0.15) is 0 Å². The Bertz CT molecular complexity index is 737. The van der Waals surface area contributed by atoms with Gasteiger partial charge < -0.3 is 9.73 Å². The van der Waals surface area contributed by atoms with Crippen LogP contribution in [0.3, 0.4) is 0 Å². The molecule has 0 spiro atoms. The Labute approximate surface area is 126 Å². The zero-order valence-corrected chi connectivity index (χ0v) is 12.5. The van der Waals surface area contributed by atoms with Crippen LogP contribution in [0.4, 0.5) is 4.39 Å². The Hall–Kier alpha value is -1.79. The standard InChI is InChI=1S/C15H16FN3OS/c1-2-6-17-7-5-14-18-19-15(20-14)13-8-10-3-4-11(16)9-12(10)21-13/h3-4,8-9,17H,2,5-7H2,1H3. The molecule has 3 aromatic rings. The molecule has 0 radical (unpaired) electrons. The van der Waals surface area contributed by atoms with Crippen LogP contribution in [-0.2, 0) is 6.42 Å². The molecule has 6 heteroatoms. The van der Waals surface area contributed by atoms with E-state index in [1.807, 2.05) is 6.07 Å². The van der Waals surface area contributed by atoms with E-state index in [9.17, 15) is 4.39 Å². The zero-order chi connectivity index (χ0) is 14.7. The molecule has 0 aliphatic rings. The summed E-state index contributed by atoms with van der Waals surface area (Å²) in [6.07, 6.45) is 1.82. The average molecular weight is 305 g/mol. The van der Waals surface area contributed by atoms with E-state index in [0.29, 0.717) is 18.2 Å². The lowest BCUT2D eigenvalue weighted by Crippen LogP contribution is -2.17. The van der Waals surface area contributed by atoms with Crippen LogP contribution < -0.4 is 5.32 Å². The van der Waals surface area contributed by atoms with Gasteiger partial charge in [-0.15, -0.1) is 21.5 Å². The minimum atomic E-state index is -0.232. The highest BCUT2D eigenvalue weighted by atomic mass is 32.1. The molecule has 4 nitrogen and oxygen atoms in total. The van der Waals surface area contributed by atoms with Gasteiger partial charge in [-0.3, -0.25) is 0 Å². The number of benzene rings is 1. The first-order valence-electron chi connectivity index (χ1n) is 6.99. The van der Waals surface area contributed by atoms with Crippen molar-refractivity contribution >= 4 is 21.4 Å². The minimum Gasteiger partial charge on any atom is -0.420 e. The number of nitrogens with one attached hydrogen (secondary N) is 1. The highest BCUT2D eigenvalue weighted by Gasteiger charge is 2.12. The zero-order valence-electron chi connectivity index (χ0n) is 11.7. The first kappa shape index (κ1) is 14.2. The fraction of sp³-hybridized carbons (Fsp3) is 0.333. The van der Waals surface area contributed by atoms with Crippen LogP contribution in [-0.4, -0.2) is 23.3 Å². The maximum atomic E-state index is 13.2. The van der Waals surface area contributed by atoms with Crippen molar-refractivity contribution in [3.8, 4) is 10.8 Å². The highest BCUT2D eigenvalue weighted by Crippen LogP contribution is 2.33. The van der Waals surface area contributed by atoms with Crippen molar-refractivity contribution in [3.05, 3.63) is 36.0 Å². The number of fused-ring (bicyclic) bond motifs is 1. The predicted molar refractivity (Wildman–Crippen MR) is 81.9 cm³/mol. The van der Waals surface area contributed by atoms with Crippen molar-refractivity contribution in [2.75, 3.05) is 13.1 Å². The molecule has 0 aliphatic heterocycles. The molecule has 0 saturated carbocycles. The number of halogens is 1. The Morgan fingerprint density at radius 1 is 1.24 bits per heavy atom. The van der Waals surface area contributed by atoms with Gasteiger partial charge in [0.1, 0.15) is 5.82 Å². The summed E-state index contributed by atoms with van der Waals surface area (Å²) >= 11 is 1.46. The lowest BCUT2D eigenvalue weighted by Gasteiger charge is -1.98. The van der Waals surface area contributed by atoms with Crippen LogP contribution in [0.15, 0.2) is 28.7 Å². The SMILES string of the molecule is CCCNCCc1nnc(-c2cc3ccc(F)cc3s2)o1. The molecule has 2 aromatic heterocycles. The van der Waals surface area contributed by atoms with Crippen molar-refractivity contribution < 1.29 is 8.81 Å². The van der Waals surface area contributed by atoms with Gasteiger partial charge in [0.05, 0.1) is 4.88 Å². The molecule has 1 N–H and O–H groups in total. The van der Waals surface area contributed by atoms with Crippen molar-refractivity contribution in [1.29, 1.82) is 0 Å². The van der Waals surface area contributed by atoms with Crippen LogP contribution in [0.5, 0.6) is 0 Å². The maximum absolute atomic E-state index is 13.2. The van der Waals surface area contributed by atoms with Crippen molar-refractivity contribution in [1.82, 2.24) is 15.5 Å². The van der Waals surface area contributed by atoms with Crippen LogP contribution in [0.1, 0.15) is 19.2 Å². The van der Waals surface area contributed by atoms with Gasteiger partial charge >= 0.3 is 0 Å². The normalized spacial score (nSPS) is 11.3. The van der Waals surface area contributed by atoms with Crippen LogP contribution >= 0.6 is 11.3 Å². The van der Waals surface area contributed by atoms with Crippen LogP contribution in [0, 0.1) is 5.82 Å². The van der Waals surface area contributed by atoms with Gasteiger partial charge in [0, 0.05) is 17.7 Å². The fourth-order valence-electron chi connectivity index (χ4n) is 2.06. The van der Waals surface area contributed by atoms with Crippen molar-refractivity contribution in [2.24, 2.45) is 0 Å². The first-order chi connectivity index (χ1) is 10.3. The molecule has 0 aliphatic carbocycles. The van der Waals surface area contributed by atoms with Gasteiger partial charge in [0.15, 0.2) is 0 Å². The molecule has 0 saturated heterocycles. The second kappa shape index (κ2) is 6.32. The van der Waals surface area contributed by atoms with E-state index in [-0.39, 0.29) is 5.82 Å². The summed E-state index contributed by atoms with van der Waals surface area (Å²) in [5.74, 6) is 0.892. The van der Waals surface area contributed by atoms with E-state index >= 15 is 0 Å². The van der Waals surface area contributed by atoms with Gasteiger partial charge in [0.2, 0.25) is 5.89 Å². The Morgan fingerprint density at radius 2 is 2.14 bits per heavy atom. The highest BCUT2D eigenvalue weighted by molar-refractivity contribution is 7.22. The third-order valence-corrected chi connectivity index (χ3v) is 4.19. The maximum Gasteiger partial charge on any atom is 0.257 e. The Balaban J connectivity index is 1.75. The molecule has 0 amide bonds. The second-order valence-corrected chi connectivity index (χ2v) is 5.88. The molecule has 1 aromatic carbocycles. The molecular formula is C15H16FN3OS. The van der Waals surface area contributed by atoms with E-state index in [4.69, 9.17) is 4.42 Å². The topological polar surface area (TPSA) is 51.0 Å². The van der Waals surface area contributed by atoms with Crippen molar-refractivity contribution in [2.45, 2.75) is 19.8 Å². The third kappa shape index (κ3) is 3.28. The van der Waals surface area contributed by atoms with Gasteiger partial charge in [-0.05, 0) is 36.6 Å². The summed E-state index contributed by atoms with van der Waals surface area (Å²) in [6, 6.07) is 6.69. The number of nitrogens with zero attached hydrogens (tertiary/aromatic N) is 2. The van der Waals surface area contributed by atoms with Crippen molar-refractivity contribution in [3.63, 3.8) is 0 Å². The molecule has 0 atom stereocenters. The van der Waals surface area contributed by atoms with Crippen LogP contribution in [0.25, 0.3) is 20.9 Å². The summed E-state index contributed by atoms with van der Waals surface area (Å²) in [7, 11) is 0. The second-order valence-electron chi connectivity index (χ2n) is 4.79. The molecule has 110 valence electrons. The summed E-state index contributed by atoms with van der Waals surface area (Å²) < 4.78 is 19.8. The quantitative estimate of drug-likeness (QED) is 0.707. The Kier molecular flexibility index (Phi) is 4.26. The molecular weight excluding hydrogens is 289 g/mol. The predicted octanol–water partition coefficient (Wildman–Crippen LogP) is 3.63. The lowest BCUT2D eigenvalue weighted by molar-refractivity contribution is 0.495. The largest absolute Gasteiger partial charge is 0.420 e. The number of hydrogen-bond donors (Lipinski definition) is 1. The summed E-state index contributed by atoms with van der Waals surface area (Å²) in [5, 5.41) is 12.4. The number of thiophene rings is 1. The molecule has 21 heavy (non-hydrogen) atoms. The van der Waals surface area contributed by atoms with Gasteiger partial charge in [0.25, 0.3) is 5.89 Å². The monoisotopic (exact) mass is 305 g/mol. The number of hydrogen-bond acceptors (Lipinski definition) is 5. The van der Waals surface area contributed by atoms with E-state index in [1.165, 1.54) is 23.5 Å². The fourth-order valence-corrected chi connectivity index (χ4v) is 3.07. The van der Waals surface area contributed by atoms with Gasteiger partial charge in [-0.25, -0.2) is 4.39 Å². The third-order valence-electron chi connectivity index (χ3n) is 3.10. The molecule has 3 rings (SSSR count). The number of aromatic nitrogens is 2. The molecule has 2 heterocycles. The van der Waals surface area contributed by atoms with E-state index in [1.54, 1.807) is 6.07 Å². The summed E-state index contributed by atoms with van der Waals surface area (Å²) in [5.41, 5.74) is 0. The first-order valence-corrected chi connectivity index (χ1v) is 7.80. The average Bonchev–Trinajstić information content (AvgIpc) is 3.09. The van der Waals surface area contributed by atoms with E-state index in [2.05, 4.69) is 22.4 Å². The van der Waals surface area contributed by atoms with E-state index < -0.39 is 0 Å². The number of rotatable bonds is 6. The summed E-state index contributed by atoms with van der Waals surface area (Å²) in [6.45, 7) is 3.94. The van der Waals surface area contributed by atoms with Crippen LogP contribution in [0.2, 0.25) is 0 Å². The van der Waals surface area contributed by atoms with E-state index in [0.717, 1.165) is 34.5 Å². The smallest absolute Gasteiger partial charge is 0.257 e.